The van der Waals surface area contributed by atoms with Crippen LogP contribution in [0.15, 0.2) is 48.5 Å². The third kappa shape index (κ3) is 2.40. The van der Waals surface area contributed by atoms with Crippen molar-refractivity contribution in [2.45, 2.75) is 13.5 Å². The maximum atomic E-state index is 12.1. The minimum Gasteiger partial charge on any atom is -0.494 e. The Morgan fingerprint density at radius 3 is 2.43 bits per heavy atom. The lowest BCUT2D eigenvalue weighted by Gasteiger charge is -2.16. The molecule has 3 rings (SSSR count). The van der Waals surface area contributed by atoms with Crippen LogP contribution in [0.4, 0.5) is 5.69 Å². The predicted molar refractivity (Wildman–Crippen MR) is 79.6 cm³/mol. The third-order valence-corrected chi connectivity index (χ3v) is 3.45. The number of anilines is 1. The van der Waals surface area contributed by atoms with Gasteiger partial charge in [-0.25, -0.2) is 0 Å². The summed E-state index contributed by atoms with van der Waals surface area (Å²) < 4.78 is 5.39. The Morgan fingerprint density at radius 2 is 1.71 bits per heavy atom. The molecule has 2 aromatic carbocycles. The monoisotopic (exact) mass is 281 g/mol. The molecule has 0 fully saturated rings. The van der Waals surface area contributed by atoms with Crippen molar-refractivity contribution in [1.82, 2.24) is 0 Å². The molecule has 0 saturated carbocycles. The Hall–Kier alpha value is -2.62. The van der Waals surface area contributed by atoms with Crippen LogP contribution in [0.5, 0.6) is 5.75 Å². The second-order valence-electron chi connectivity index (χ2n) is 4.81. The topological polar surface area (TPSA) is 46.6 Å². The first-order valence-electron chi connectivity index (χ1n) is 6.87. The van der Waals surface area contributed by atoms with Crippen molar-refractivity contribution in [2.75, 3.05) is 11.5 Å². The lowest BCUT2D eigenvalue weighted by molar-refractivity contribution is -0.114. The molecular formula is C17H15NO3. The van der Waals surface area contributed by atoms with Gasteiger partial charge < -0.3 is 9.64 Å². The van der Waals surface area contributed by atoms with E-state index in [0.29, 0.717) is 24.4 Å². The summed E-state index contributed by atoms with van der Waals surface area (Å²) in [7, 11) is 0. The van der Waals surface area contributed by atoms with Crippen LogP contribution in [0.1, 0.15) is 22.8 Å². The van der Waals surface area contributed by atoms with Crippen molar-refractivity contribution in [3.8, 4) is 5.75 Å². The molecule has 0 saturated heterocycles. The highest BCUT2D eigenvalue weighted by atomic mass is 16.5. The van der Waals surface area contributed by atoms with Gasteiger partial charge in [-0.05, 0) is 36.8 Å². The summed E-state index contributed by atoms with van der Waals surface area (Å²) in [4.78, 5) is 25.5. The Balaban J connectivity index is 1.85. The van der Waals surface area contributed by atoms with Gasteiger partial charge in [-0.2, -0.15) is 0 Å². The number of fused-ring (bicyclic) bond motifs is 1. The molecule has 0 atom stereocenters. The number of para-hydroxylation sites is 1. The molecule has 4 nitrogen and oxygen atoms in total. The summed E-state index contributed by atoms with van der Waals surface area (Å²) in [5.41, 5.74) is 2.12. The lowest BCUT2D eigenvalue weighted by atomic mass is 10.1. The molecule has 1 aliphatic heterocycles. The molecule has 0 aromatic heterocycles. The van der Waals surface area contributed by atoms with Gasteiger partial charge in [0.2, 0.25) is 0 Å². The van der Waals surface area contributed by atoms with Crippen molar-refractivity contribution >= 4 is 17.4 Å². The zero-order valence-electron chi connectivity index (χ0n) is 11.7. The molecule has 0 aliphatic carbocycles. The highest BCUT2D eigenvalue weighted by molar-refractivity contribution is 6.52. The summed E-state index contributed by atoms with van der Waals surface area (Å²) in [5, 5.41) is 0. The minimum atomic E-state index is -0.468. The van der Waals surface area contributed by atoms with Crippen molar-refractivity contribution < 1.29 is 14.3 Å². The van der Waals surface area contributed by atoms with Crippen molar-refractivity contribution in [1.29, 1.82) is 0 Å². The van der Waals surface area contributed by atoms with Gasteiger partial charge in [0.15, 0.2) is 0 Å². The van der Waals surface area contributed by atoms with Gasteiger partial charge in [0, 0.05) is 0 Å². The molecule has 1 amide bonds. The molecule has 0 radical (unpaired) electrons. The molecule has 1 heterocycles. The van der Waals surface area contributed by atoms with Crippen LogP contribution in [0.3, 0.4) is 0 Å². The van der Waals surface area contributed by atoms with Gasteiger partial charge in [-0.3, -0.25) is 9.59 Å². The van der Waals surface area contributed by atoms with E-state index in [1.807, 2.05) is 37.3 Å². The molecule has 0 bridgehead atoms. The van der Waals surface area contributed by atoms with Crippen LogP contribution in [0.2, 0.25) is 0 Å². The Morgan fingerprint density at radius 1 is 1.00 bits per heavy atom. The van der Waals surface area contributed by atoms with Crippen molar-refractivity contribution in [2.24, 2.45) is 0 Å². The second-order valence-corrected chi connectivity index (χ2v) is 4.81. The summed E-state index contributed by atoms with van der Waals surface area (Å²) in [5.74, 6) is -0.105. The van der Waals surface area contributed by atoms with Crippen molar-refractivity contribution in [3.05, 3.63) is 59.7 Å². The van der Waals surface area contributed by atoms with E-state index in [4.69, 9.17) is 4.74 Å². The summed E-state index contributed by atoms with van der Waals surface area (Å²) in [6, 6.07) is 14.6. The molecule has 0 unspecified atom stereocenters. The number of carbonyl (C=O) groups excluding carboxylic acids is 2. The van der Waals surface area contributed by atoms with Crippen LogP contribution >= 0.6 is 0 Å². The second kappa shape index (κ2) is 5.40. The Bertz CT molecular complexity index is 691. The van der Waals surface area contributed by atoms with E-state index in [0.717, 1.165) is 11.3 Å². The number of amides is 1. The van der Waals surface area contributed by atoms with Crippen LogP contribution in [-0.4, -0.2) is 18.3 Å². The summed E-state index contributed by atoms with van der Waals surface area (Å²) in [6.45, 7) is 2.93. The van der Waals surface area contributed by atoms with Crippen LogP contribution < -0.4 is 9.64 Å². The average Bonchev–Trinajstić information content (AvgIpc) is 2.75. The largest absolute Gasteiger partial charge is 0.494 e. The van der Waals surface area contributed by atoms with Crippen LogP contribution in [0, 0.1) is 0 Å². The third-order valence-electron chi connectivity index (χ3n) is 3.45. The Kier molecular flexibility index (Phi) is 3.44. The van der Waals surface area contributed by atoms with Gasteiger partial charge in [-0.1, -0.05) is 24.3 Å². The maximum Gasteiger partial charge on any atom is 0.299 e. The zero-order valence-corrected chi connectivity index (χ0v) is 11.7. The van der Waals surface area contributed by atoms with E-state index < -0.39 is 11.7 Å². The Labute approximate surface area is 123 Å². The normalized spacial score (nSPS) is 13.5. The standard InChI is InChI=1S/C17H15NO3/c1-2-21-13-9-7-12(8-10-13)11-18-15-6-4-3-5-14(15)16(19)17(18)20/h3-10H,2,11H2,1H3. The molecule has 106 valence electrons. The van der Waals surface area contributed by atoms with Crippen LogP contribution in [-0.2, 0) is 11.3 Å². The van der Waals surface area contributed by atoms with Gasteiger partial charge >= 0.3 is 0 Å². The fourth-order valence-electron chi connectivity index (χ4n) is 2.45. The number of hydrogen-bond acceptors (Lipinski definition) is 3. The number of carbonyl (C=O) groups is 2. The summed E-state index contributed by atoms with van der Waals surface area (Å²) in [6.07, 6.45) is 0. The van der Waals surface area contributed by atoms with Gasteiger partial charge in [-0.15, -0.1) is 0 Å². The maximum absolute atomic E-state index is 12.1. The van der Waals surface area contributed by atoms with Gasteiger partial charge in [0.05, 0.1) is 24.4 Å². The highest BCUT2D eigenvalue weighted by Crippen LogP contribution is 2.30. The first-order chi connectivity index (χ1) is 10.2. The zero-order chi connectivity index (χ0) is 14.8. The molecular weight excluding hydrogens is 266 g/mol. The number of ether oxygens (including phenoxy) is 1. The van der Waals surface area contributed by atoms with E-state index in [9.17, 15) is 9.59 Å². The number of nitrogens with zero attached hydrogens (tertiary/aromatic N) is 1. The SMILES string of the molecule is CCOc1ccc(CN2C(=O)C(=O)c3ccccc32)cc1. The first-order valence-corrected chi connectivity index (χ1v) is 6.87. The molecule has 21 heavy (non-hydrogen) atoms. The van der Waals surface area contributed by atoms with E-state index >= 15 is 0 Å². The summed E-state index contributed by atoms with van der Waals surface area (Å²) >= 11 is 0. The number of hydrogen-bond donors (Lipinski definition) is 0. The van der Waals surface area contributed by atoms with Gasteiger partial charge in [0.25, 0.3) is 11.7 Å². The first kappa shape index (κ1) is 13.4. The molecule has 2 aromatic rings. The highest BCUT2D eigenvalue weighted by Gasteiger charge is 2.35. The van der Waals surface area contributed by atoms with E-state index in [1.54, 1.807) is 18.2 Å². The van der Waals surface area contributed by atoms with E-state index in [-0.39, 0.29) is 0 Å². The molecule has 0 N–H and O–H groups in total. The smallest absolute Gasteiger partial charge is 0.299 e. The van der Waals surface area contributed by atoms with Gasteiger partial charge in [0.1, 0.15) is 5.75 Å². The average molecular weight is 281 g/mol. The lowest BCUT2D eigenvalue weighted by Crippen LogP contribution is -2.29. The number of rotatable bonds is 4. The van der Waals surface area contributed by atoms with Crippen LogP contribution in [0.25, 0.3) is 0 Å². The molecule has 4 heteroatoms. The van der Waals surface area contributed by atoms with E-state index in [1.165, 1.54) is 4.90 Å². The molecule has 0 spiro atoms. The van der Waals surface area contributed by atoms with Crippen molar-refractivity contribution in [3.63, 3.8) is 0 Å². The fraction of sp³-hybridized carbons (Fsp3) is 0.176. The number of Topliss-reactive ketones (excluding diaryl/α,β-unsaturated/α-hetero) is 1. The predicted octanol–water partition coefficient (Wildman–Crippen LogP) is 2.81. The molecule has 1 aliphatic rings. The fourth-order valence-corrected chi connectivity index (χ4v) is 2.45. The quantitative estimate of drug-likeness (QED) is 0.810. The minimum absolute atomic E-state index is 0.383. The number of ketones is 1. The number of benzene rings is 2. The van der Waals surface area contributed by atoms with E-state index in [2.05, 4.69) is 0 Å².